The third kappa shape index (κ3) is 7.45. The van der Waals surface area contributed by atoms with E-state index in [4.69, 9.17) is 34.8 Å². The van der Waals surface area contributed by atoms with Crippen LogP contribution in [0.15, 0.2) is 65.6 Å². The largest absolute Gasteiger partial charge is 0.355 e. The summed E-state index contributed by atoms with van der Waals surface area (Å²) >= 11 is 18.4. The van der Waals surface area contributed by atoms with Crippen LogP contribution in [0.5, 0.6) is 0 Å². The van der Waals surface area contributed by atoms with Gasteiger partial charge in [-0.1, -0.05) is 58.6 Å². The molecule has 39 heavy (non-hydrogen) atoms. The number of carbonyl (C=O) groups is 2. The van der Waals surface area contributed by atoms with Crippen LogP contribution in [0.25, 0.3) is 0 Å². The Bertz CT molecular complexity index is 1460. The molecule has 0 heterocycles. The van der Waals surface area contributed by atoms with Crippen molar-refractivity contribution in [1.82, 2.24) is 10.2 Å². The van der Waals surface area contributed by atoms with E-state index >= 15 is 0 Å². The maximum Gasteiger partial charge on any atom is 0.264 e. The molecular formula is C28H30Cl3N3O4S. The number of anilines is 1. The fourth-order valence-corrected chi connectivity index (χ4v) is 6.01. The maximum absolute atomic E-state index is 13.9. The number of hydrogen-bond donors (Lipinski definition) is 1. The van der Waals surface area contributed by atoms with Crippen LogP contribution in [-0.4, -0.2) is 44.3 Å². The van der Waals surface area contributed by atoms with Crippen LogP contribution in [0.2, 0.25) is 15.1 Å². The highest BCUT2D eigenvalue weighted by atomic mass is 35.5. The van der Waals surface area contributed by atoms with E-state index in [2.05, 4.69) is 5.32 Å². The van der Waals surface area contributed by atoms with E-state index in [9.17, 15) is 18.0 Å². The summed E-state index contributed by atoms with van der Waals surface area (Å²) in [4.78, 5) is 28.1. The van der Waals surface area contributed by atoms with Crippen molar-refractivity contribution in [2.45, 2.75) is 45.2 Å². The van der Waals surface area contributed by atoms with E-state index < -0.39 is 28.5 Å². The Hall–Kier alpha value is -2.78. The van der Waals surface area contributed by atoms with Crippen molar-refractivity contribution in [3.63, 3.8) is 0 Å². The predicted octanol–water partition coefficient (Wildman–Crippen LogP) is 6.01. The fourth-order valence-electron chi connectivity index (χ4n) is 3.99. The van der Waals surface area contributed by atoms with Crippen molar-refractivity contribution < 1.29 is 18.0 Å². The highest BCUT2D eigenvalue weighted by molar-refractivity contribution is 7.92. The van der Waals surface area contributed by atoms with Crippen molar-refractivity contribution in [3.05, 3.63) is 92.4 Å². The molecule has 0 radical (unpaired) electrons. The van der Waals surface area contributed by atoms with Crippen molar-refractivity contribution in [2.75, 3.05) is 17.4 Å². The molecule has 0 saturated carbocycles. The normalized spacial score (nSPS) is 12.1. The molecule has 1 N–H and O–H groups in total. The van der Waals surface area contributed by atoms with Gasteiger partial charge in [0, 0.05) is 18.1 Å². The number of nitrogens with one attached hydrogen (secondary N) is 1. The highest BCUT2D eigenvalue weighted by Crippen LogP contribution is 2.30. The van der Waals surface area contributed by atoms with Gasteiger partial charge in [0.05, 0.1) is 20.6 Å². The number of benzene rings is 3. The zero-order valence-electron chi connectivity index (χ0n) is 22.0. The Morgan fingerprint density at radius 3 is 2.18 bits per heavy atom. The van der Waals surface area contributed by atoms with Crippen LogP contribution >= 0.6 is 34.8 Å². The van der Waals surface area contributed by atoms with Crippen molar-refractivity contribution in [2.24, 2.45) is 0 Å². The van der Waals surface area contributed by atoms with Crippen molar-refractivity contribution in [1.29, 1.82) is 0 Å². The number of sulfonamides is 1. The molecule has 0 aliphatic rings. The van der Waals surface area contributed by atoms with Gasteiger partial charge in [-0.2, -0.15) is 0 Å². The van der Waals surface area contributed by atoms with Gasteiger partial charge in [0.15, 0.2) is 0 Å². The van der Waals surface area contributed by atoms with E-state index in [0.29, 0.717) is 38.4 Å². The molecule has 2 amide bonds. The second-order valence-electron chi connectivity index (χ2n) is 9.10. The van der Waals surface area contributed by atoms with Crippen LogP contribution in [-0.2, 0) is 26.2 Å². The Morgan fingerprint density at radius 1 is 0.923 bits per heavy atom. The van der Waals surface area contributed by atoms with E-state index in [1.165, 1.54) is 17.0 Å². The molecule has 0 aliphatic heterocycles. The quantitative estimate of drug-likeness (QED) is 0.305. The minimum absolute atomic E-state index is 0.00599. The summed E-state index contributed by atoms with van der Waals surface area (Å²) in [5.74, 6) is -0.952. The molecular weight excluding hydrogens is 581 g/mol. The van der Waals surface area contributed by atoms with Gasteiger partial charge in [0.1, 0.15) is 12.6 Å². The maximum atomic E-state index is 13.9. The van der Waals surface area contributed by atoms with Crippen LogP contribution in [0.3, 0.4) is 0 Å². The predicted molar refractivity (Wildman–Crippen MR) is 157 cm³/mol. The summed E-state index contributed by atoms with van der Waals surface area (Å²) in [6, 6.07) is 15.1. The fraction of sp³-hybridized carbons (Fsp3) is 0.286. The summed E-state index contributed by atoms with van der Waals surface area (Å²) in [5.41, 5.74) is 2.39. The first kappa shape index (κ1) is 30.8. The van der Waals surface area contributed by atoms with Gasteiger partial charge in [-0.3, -0.25) is 13.9 Å². The molecule has 0 spiro atoms. The topological polar surface area (TPSA) is 86.8 Å². The van der Waals surface area contributed by atoms with E-state index in [0.717, 1.165) is 9.87 Å². The third-order valence-corrected chi connectivity index (χ3v) is 8.92. The average Bonchev–Trinajstić information content (AvgIpc) is 2.88. The molecule has 7 nitrogen and oxygen atoms in total. The minimum Gasteiger partial charge on any atom is -0.355 e. The number of nitrogens with zero attached hydrogens (tertiary/aromatic N) is 2. The standard InChI is InChI=1S/C28H30Cl3N3O4S/c1-5-32-28(36)20(4)33(16-21-8-12-24(30)25(31)15-21)27(35)17-34(26-13-9-22(29)14-19(26)3)39(37,38)23-10-6-18(2)7-11-23/h6-15,20H,5,16-17H2,1-4H3,(H,32,36)/t20-/m0/s1. The molecule has 0 unspecified atom stereocenters. The number of hydrogen-bond acceptors (Lipinski definition) is 4. The van der Waals surface area contributed by atoms with Crippen molar-refractivity contribution >= 4 is 62.3 Å². The molecule has 3 rings (SSSR count). The van der Waals surface area contributed by atoms with Gasteiger partial charge >= 0.3 is 0 Å². The van der Waals surface area contributed by atoms with Gasteiger partial charge in [-0.15, -0.1) is 0 Å². The van der Waals surface area contributed by atoms with Gasteiger partial charge in [-0.05, 0) is 81.3 Å². The SMILES string of the molecule is CCNC(=O)[C@H](C)N(Cc1ccc(Cl)c(Cl)c1)C(=O)CN(c1ccc(Cl)cc1C)S(=O)(=O)c1ccc(C)cc1. The molecule has 0 aliphatic carbocycles. The van der Waals surface area contributed by atoms with Crippen LogP contribution in [0.1, 0.15) is 30.5 Å². The van der Waals surface area contributed by atoms with Gasteiger partial charge in [0.2, 0.25) is 11.8 Å². The summed E-state index contributed by atoms with van der Waals surface area (Å²) in [6.45, 7) is 6.76. The average molecular weight is 611 g/mol. The second kappa shape index (κ2) is 13.0. The number of amides is 2. The summed E-state index contributed by atoms with van der Waals surface area (Å²) in [5, 5.41) is 3.80. The van der Waals surface area contributed by atoms with E-state index in [1.807, 2.05) is 6.92 Å². The summed E-state index contributed by atoms with van der Waals surface area (Å²) < 4.78 is 28.8. The molecule has 0 saturated heterocycles. The number of halogens is 3. The van der Waals surface area contributed by atoms with Crippen LogP contribution in [0.4, 0.5) is 5.69 Å². The lowest BCUT2D eigenvalue weighted by atomic mass is 10.1. The monoisotopic (exact) mass is 609 g/mol. The first-order valence-electron chi connectivity index (χ1n) is 12.2. The lowest BCUT2D eigenvalue weighted by molar-refractivity contribution is -0.139. The van der Waals surface area contributed by atoms with E-state index in [1.54, 1.807) is 69.3 Å². The number of rotatable bonds is 10. The van der Waals surface area contributed by atoms with E-state index in [-0.39, 0.29) is 17.3 Å². The molecule has 0 fully saturated rings. The first-order valence-corrected chi connectivity index (χ1v) is 14.8. The number of likely N-dealkylation sites (N-methyl/N-ethyl adjacent to an activating group) is 1. The lowest BCUT2D eigenvalue weighted by Crippen LogP contribution is -2.51. The van der Waals surface area contributed by atoms with Crippen molar-refractivity contribution in [3.8, 4) is 0 Å². The first-order chi connectivity index (χ1) is 18.3. The second-order valence-corrected chi connectivity index (χ2v) is 12.2. The molecule has 208 valence electrons. The minimum atomic E-state index is -4.17. The van der Waals surface area contributed by atoms with Crippen LogP contribution in [0, 0.1) is 13.8 Å². The molecule has 11 heteroatoms. The molecule has 3 aromatic carbocycles. The van der Waals surface area contributed by atoms with Crippen LogP contribution < -0.4 is 9.62 Å². The van der Waals surface area contributed by atoms with Gasteiger partial charge in [0.25, 0.3) is 10.0 Å². The van der Waals surface area contributed by atoms with Gasteiger partial charge < -0.3 is 10.2 Å². The molecule has 0 bridgehead atoms. The molecule has 1 atom stereocenters. The zero-order valence-corrected chi connectivity index (χ0v) is 25.1. The Labute approximate surface area is 244 Å². The zero-order chi connectivity index (χ0) is 28.9. The number of carbonyl (C=O) groups excluding carboxylic acids is 2. The smallest absolute Gasteiger partial charge is 0.264 e. The lowest BCUT2D eigenvalue weighted by Gasteiger charge is -2.32. The third-order valence-electron chi connectivity index (χ3n) is 6.17. The molecule has 0 aromatic heterocycles. The highest BCUT2D eigenvalue weighted by Gasteiger charge is 2.33. The number of aryl methyl sites for hydroxylation is 2. The van der Waals surface area contributed by atoms with Gasteiger partial charge in [-0.25, -0.2) is 8.42 Å². The Balaban J connectivity index is 2.07. The Kier molecular flexibility index (Phi) is 10.3. The molecule has 3 aromatic rings. The Morgan fingerprint density at radius 2 is 1.59 bits per heavy atom. The summed E-state index contributed by atoms with van der Waals surface area (Å²) in [6.07, 6.45) is 0. The summed E-state index contributed by atoms with van der Waals surface area (Å²) in [7, 11) is -4.17.